The Hall–Kier alpha value is -1.44. The SMILES string of the molecule is CC[C@H](C)NS(=O)(=O)c1cccc(C(=O)NN)c1. The molecule has 0 radical (unpaired) electrons. The maximum atomic E-state index is 12.0. The Morgan fingerprint density at radius 2 is 2.11 bits per heavy atom. The van der Waals surface area contributed by atoms with Crippen LogP contribution in [0.5, 0.6) is 0 Å². The summed E-state index contributed by atoms with van der Waals surface area (Å²) in [7, 11) is -3.61. The second-order valence-electron chi connectivity index (χ2n) is 3.93. The number of rotatable bonds is 5. The van der Waals surface area contributed by atoms with Crippen molar-refractivity contribution in [2.24, 2.45) is 5.84 Å². The predicted molar refractivity (Wildman–Crippen MR) is 68.2 cm³/mol. The molecule has 7 heteroatoms. The molecule has 0 saturated carbocycles. The fourth-order valence-electron chi connectivity index (χ4n) is 1.30. The summed E-state index contributed by atoms with van der Waals surface area (Å²) < 4.78 is 26.5. The number of sulfonamides is 1. The van der Waals surface area contributed by atoms with Gasteiger partial charge in [0.15, 0.2) is 0 Å². The molecular weight excluding hydrogens is 254 g/mol. The van der Waals surface area contributed by atoms with Crippen molar-refractivity contribution in [2.75, 3.05) is 0 Å². The molecule has 1 rings (SSSR count). The van der Waals surface area contributed by atoms with Crippen LogP contribution >= 0.6 is 0 Å². The second kappa shape index (κ2) is 5.94. The molecule has 0 heterocycles. The summed E-state index contributed by atoms with van der Waals surface area (Å²) in [5.74, 6) is 4.47. The Morgan fingerprint density at radius 3 is 2.67 bits per heavy atom. The van der Waals surface area contributed by atoms with Crippen molar-refractivity contribution in [3.63, 3.8) is 0 Å². The lowest BCUT2D eigenvalue weighted by Crippen LogP contribution is -2.33. The van der Waals surface area contributed by atoms with E-state index in [9.17, 15) is 13.2 Å². The number of hydrogen-bond acceptors (Lipinski definition) is 4. The molecular formula is C11H17N3O3S. The Bertz CT molecular complexity index is 528. The molecule has 1 aromatic rings. The molecule has 18 heavy (non-hydrogen) atoms. The van der Waals surface area contributed by atoms with Gasteiger partial charge >= 0.3 is 0 Å². The lowest BCUT2D eigenvalue weighted by Gasteiger charge is -2.12. The van der Waals surface area contributed by atoms with Gasteiger partial charge in [0.25, 0.3) is 5.91 Å². The average molecular weight is 271 g/mol. The van der Waals surface area contributed by atoms with Crippen molar-refractivity contribution < 1.29 is 13.2 Å². The molecule has 0 fully saturated rings. The Labute approximate surface area is 107 Å². The molecule has 100 valence electrons. The van der Waals surface area contributed by atoms with E-state index in [1.165, 1.54) is 24.3 Å². The van der Waals surface area contributed by atoms with E-state index in [4.69, 9.17) is 5.84 Å². The number of benzene rings is 1. The highest BCUT2D eigenvalue weighted by molar-refractivity contribution is 7.89. The van der Waals surface area contributed by atoms with Crippen LogP contribution in [-0.4, -0.2) is 20.4 Å². The quantitative estimate of drug-likeness (QED) is 0.409. The number of amides is 1. The van der Waals surface area contributed by atoms with Crippen molar-refractivity contribution in [1.82, 2.24) is 10.1 Å². The topological polar surface area (TPSA) is 101 Å². The molecule has 0 spiro atoms. The summed E-state index contributed by atoms with van der Waals surface area (Å²) >= 11 is 0. The second-order valence-corrected chi connectivity index (χ2v) is 5.65. The molecule has 1 amide bonds. The first-order chi connectivity index (χ1) is 8.40. The van der Waals surface area contributed by atoms with Gasteiger partial charge in [-0.25, -0.2) is 19.0 Å². The van der Waals surface area contributed by atoms with E-state index in [2.05, 4.69) is 4.72 Å². The zero-order valence-electron chi connectivity index (χ0n) is 10.3. The van der Waals surface area contributed by atoms with Crippen LogP contribution in [0.4, 0.5) is 0 Å². The number of nitrogens with two attached hydrogens (primary N) is 1. The van der Waals surface area contributed by atoms with E-state index in [1.807, 2.05) is 12.3 Å². The van der Waals surface area contributed by atoms with Gasteiger partial charge in [-0.1, -0.05) is 13.0 Å². The van der Waals surface area contributed by atoms with Crippen LogP contribution in [-0.2, 0) is 10.0 Å². The Balaban J connectivity index is 3.06. The van der Waals surface area contributed by atoms with Crippen molar-refractivity contribution in [1.29, 1.82) is 0 Å². The van der Waals surface area contributed by atoms with Crippen molar-refractivity contribution in [3.05, 3.63) is 29.8 Å². The number of nitrogens with one attached hydrogen (secondary N) is 2. The van der Waals surface area contributed by atoms with Crippen molar-refractivity contribution in [3.8, 4) is 0 Å². The van der Waals surface area contributed by atoms with Crippen LogP contribution in [0.2, 0.25) is 0 Å². The van der Waals surface area contributed by atoms with E-state index in [0.29, 0.717) is 6.42 Å². The van der Waals surface area contributed by atoms with Crippen LogP contribution in [0.3, 0.4) is 0 Å². The maximum absolute atomic E-state index is 12.0. The number of hydrazine groups is 1. The minimum absolute atomic E-state index is 0.0453. The fourth-order valence-corrected chi connectivity index (χ4v) is 2.68. The van der Waals surface area contributed by atoms with Crippen LogP contribution in [0.1, 0.15) is 30.6 Å². The predicted octanol–water partition coefficient (Wildman–Crippen LogP) is 0.367. The van der Waals surface area contributed by atoms with Crippen LogP contribution < -0.4 is 16.0 Å². The number of hydrogen-bond donors (Lipinski definition) is 3. The molecule has 1 aromatic carbocycles. The van der Waals surface area contributed by atoms with Gasteiger partial charge < -0.3 is 0 Å². The smallest absolute Gasteiger partial charge is 0.265 e. The fraction of sp³-hybridized carbons (Fsp3) is 0.364. The van der Waals surface area contributed by atoms with Crippen LogP contribution in [0.15, 0.2) is 29.2 Å². The van der Waals surface area contributed by atoms with E-state index < -0.39 is 15.9 Å². The molecule has 0 unspecified atom stereocenters. The molecule has 0 aromatic heterocycles. The zero-order valence-corrected chi connectivity index (χ0v) is 11.1. The molecule has 6 nitrogen and oxygen atoms in total. The normalized spacial score (nSPS) is 13.1. The maximum Gasteiger partial charge on any atom is 0.265 e. The summed E-state index contributed by atoms with van der Waals surface area (Å²) in [6.45, 7) is 3.65. The minimum Gasteiger partial charge on any atom is -0.290 e. The van der Waals surface area contributed by atoms with Crippen LogP contribution in [0, 0.1) is 0 Å². The first-order valence-corrected chi connectivity index (χ1v) is 7.02. The highest BCUT2D eigenvalue weighted by atomic mass is 32.2. The standard InChI is InChI=1S/C11H17N3O3S/c1-3-8(2)14-18(16,17)10-6-4-5-9(7-10)11(15)13-12/h4-8,14H,3,12H2,1-2H3,(H,13,15)/t8-/m0/s1. The van der Waals surface area contributed by atoms with Gasteiger partial charge in [-0.3, -0.25) is 10.2 Å². The van der Waals surface area contributed by atoms with E-state index in [1.54, 1.807) is 6.92 Å². The lowest BCUT2D eigenvalue weighted by atomic mass is 10.2. The third-order valence-corrected chi connectivity index (χ3v) is 4.09. The van der Waals surface area contributed by atoms with Gasteiger partial charge in [-0.05, 0) is 31.5 Å². The van der Waals surface area contributed by atoms with Crippen LogP contribution in [0.25, 0.3) is 0 Å². The molecule has 4 N–H and O–H groups in total. The lowest BCUT2D eigenvalue weighted by molar-refractivity contribution is 0.0953. The molecule has 0 aliphatic heterocycles. The first-order valence-electron chi connectivity index (χ1n) is 5.54. The molecule has 0 aliphatic rings. The van der Waals surface area contributed by atoms with E-state index in [-0.39, 0.29) is 16.5 Å². The molecule has 0 saturated heterocycles. The van der Waals surface area contributed by atoms with Gasteiger partial charge in [-0.2, -0.15) is 0 Å². The monoisotopic (exact) mass is 271 g/mol. The summed E-state index contributed by atoms with van der Waals surface area (Å²) in [5, 5.41) is 0. The number of carbonyl (C=O) groups is 1. The Kier molecular flexibility index (Phi) is 4.83. The highest BCUT2D eigenvalue weighted by Gasteiger charge is 2.17. The highest BCUT2D eigenvalue weighted by Crippen LogP contribution is 2.12. The van der Waals surface area contributed by atoms with E-state index >= 15 is 0 Å². The zero-order chi connectivity index (χ0) is 13.8. The van der Waals surface area contributed by atoms with Gasteiger partial charge in [0, 0.05) is 11.6 Å². The summed E-state index contributed by atoms with van der Waals surface area (Å²) in [4.78, 5) is 11.4. The Morgan fingerprint density at radius 1 is 1.44 bits per heavy atom. The number of carbonyl (C=O) groups excluding carboxylic acids is 1. The van der Waals surface area contributed by atoms with Gasteiger partial charge in [0.05, 0.1) is 4.90 Å². The minimum atomic E-state index is -3.61. The van der Waals surface area contributed by atoms with Gasteiger partial charge in [-0.15, -0.1) is 0 Å². The molecule has 0 bridgehead atoms. The third kappa shape index (κ3) is 3.52. The molecule has 0 aliphatic carbocycles. The summed E-state index contributed by atoms with van der Waals surface area (Å²) in [6.07, 6.45) is 0.683. The van der Waals surface area contributed by atoms with Gasteiger partial charge in [0.1, 0.15) is 0 Å². The summed E-state index contributed by atoms with van der Waals surface area (Å²) in [5.41, 5.74) is 2.16. The third-order valence-electron chi connectivity index (χ3n) is 2.51. The molecule has 1 atom stereocenters. The number of nitrogen functional groups attached to an aromatic ring is 1. The van der Waals surface area contributed by atoms with Crippen molar-refractivity contribution >= 4 is 15.9 Å². The first kappa shape index (κ1) is 14.6. The largest absolute Gasteiger partial charge is 0.290 e. The van der Waals surface area contributed by atoms with Crippen molar-refractivity contribution in [2.45, 2.75) is 31.2 Å². The summed E-state index contributed by atoms with van der Waals surface area (Å²) in [6, 6.07) is 5.53. The van der Waals surface area contributed by atoms with E-state index in [0.717, 1.165) is 0 Å². The average Bonchev–Trinajstić information content (AvgIpc) is 2.37. The van der Waals surface area contributed by atoms with Gasteiger partial charge in [0.2, 0.25) is 10.0 Å².